The number of rotatable bonds is 6. The van der Waals surface area contributed by atoms with Gasteiger partial charge in [-0.3, -0.25) is 0 Å². The Morgan fingerprint density at radius 1 is 1.40 bits per heavy atom. The second-order valence-electron chi connectivity index (χ2n) is 4.20. The van der Waals surface area contributed by atoms with Crippen LogP contribution in [-0.2, 0) is 7.05 Å². The average molecular weight is 228 g/mol. The quantitative estimate of drug-likeness (QED) is 0.750. The summed E-state index contributed by atoms with van der Waals surface area (Å²) in [5, 5.41) is 12.8. The van der Waals surface area contributed by atoms with Gasteiger partial charge in [0, 0.05) is 18.8 Å². The van der Waals surface area contributed by atoms with Gasteiger partial charge in [-0.1, -0.05) is 32.5 Å². The van der Waals surface area contributed by atoms with E-state index in [1.54, 1.807) is 18.1 Å². The van der Waals surface area contributed by atoms with Crippen LogP contribution in [0.5, 0.6) is 0 Å². The number of hydrogen-bond donors (Lipinski definition) is 1. The molecule has 86 valence electrons. The fraction of sp³-hybridized carbons (Fsp3) is 0.800. The summed E-state index contributed by atoms with van der Waals surface area (Å²) >= 11 is 1.76. The third kappa shape index (κ3) is 4.66. The molecule has 4 nitrogen and oxygen atoms in total. The van der Waals surface area contributed by atoms with Gasteiger partial charge in [-0.05, 0) is 12.5 Å². The smallest absolute Gasteiger partial charge is 0.191 e. The Hall–Kier alpha value is -0.550. The third-order valence-electron chi connectivity index (χ3n) is 1.96. The fourth-order valence-electron chi connectivity index (χ4n) is 1.18. The van der Waals surface area contributed by atoms with Crippen LogP contribution in [0.25, 0.3) is 0 Å². The van der Waals surface area contributed by atoms with E-state index in [-0.39, 0.29) is 0 Å². The van der Waals surface area contributed by atoms with Crippen LogP contribution in [0.2, 0.25) is 0 Å². The highest BCUT2D eigenvalue weighted by atomic mass is 32.2. The van der Waals surface area contributed by atoms with Gasteiger partial charge in [0.25, 0.3) is 0 Å². The van der Waals surface area contributed by atoms with E-state index in [0.717, 1.165) is 18.2 Å². The lowest BCUT2D eigenvalue weighted by molar-refractivity contribution is 0.553. The molecule has 0 aliphatic heterocycles. The SMILES string of the molecule is CC(C)CNCC(C)Sc1nncn1C. The monoisotopic (exact) mass is 228 g/mol. The first kappa shape index (κ1) is 12.5. The fourth-order valence-corrected chi connectivity index (χ4v) is 2.04. The number of aromatic nitrogens is 3. The molecule has 0 aliphatic rings. The van der Waals surface area contributed by atoms with Crippen LogP contribution in [0.15, 0.2) is 11.5 Å². The summed E-state index contributed by atoms with van der Waals surface area (Å²) in [5.41, 5.74) is 0. The predicted molar refractivity (Wildman–Crippen MR) is 64.0 cm³/mol. The lowest BCUT2D eigenvalue weighted by Crippen LogP contribution is -2.26. The zero-order valence-corrected chi connectivity index (χ0v) is 10.7. The molecule has 1 atom stereocenters. The zero-order valence-electron chi connectivity index (χ0n) is 9.90. The van der Waals surface area contributed by atoms with E-state index in [1.165, 1.54) is 0 Å². The van der Waals surface area contributed by atoms with Gasteiger partial charge in [0.1, 0.15) is 6.33 Å². The highest BCUT2D eigenvalue weighted by Gasteiger charge is 2.08. The lowest BCUT2D eigenvalue weighted by atomic mass is 10.2. The number of nitrogens with zero attached hydrogens (tertiary/aromatic N) is 3. The maximum Gasteiger partial charge on any atom is 0.191 e. The number of hydrogen-bond acceptors (Lipinski definition) is 4. The van der Waals surface area contributed by atoms with E-state index >= 15 is 0 Å². The summed E-state index contributed by atoms with van der Waals surface area (Å²) < 4.78 is 1.95. The molecule has 1 unspecified atom stereocenters. The van der Waals surface area contributed by atoms with Gasteiger partial charge >= 0.3 is 0 Å². The van der Waals surface area contributed by atoms with Gasteiger partial charge in [-0.15, -0.1) is 10.2 Å². The van der Waals surface area contributed by atoms with Crippen molar-refractivity contribution >= 4 is 11.8 Å². The number of aryl methyl sites for hydroxylation is 1. The lowest BCUT2D eigenvalue weighted by Gasteiger charge is -2.12. The first-order valence-corrected chi connectivity index (χ1v) is 6.19. The molecule has 0 saturated heterocycles. The summed E-state index contributed by atoms with van der Waals surface area (Å²) in [6, 6.07) is 0. The van der Waals surface area contributed by atoms with Crippen molar-refractivity contribution in [1.29, 1.82) is 0 Å². The molecular weight excluding hydrogens is 208 g/mol. The molecule has 5 heteroatoms. The molecule has 1 rings (SSSR count). The molecule has 0 radical (unpaired) electrons. The Balaban J connectivity index is 2.24. The minimum Gasteiger partial charge on any atom is -0.315 e. The average Bonchev–Trinajstić information content (AvgIpc) is 2.51. The molecule has 0 aliphatic carbocycles. The van der Waals surface area contributed by atoms with E-state index in [2.05, 4.69) is 36.3 Å². The van der Waals surface area contributed by atoms with Gasteiger partial charge in [0.05, 0.1) is 0 Å². The number of nitrogens with one attached hydrogen (secondary N) is 1. The topological polar surface area (TPSA) is 42.7 Å². The van der Waals surface area contributed by atoms with Crippen LogP contribution in [0, 0.1) is 5.92 Å². The van der Waals surface area contributed by atoms with Crippen molar-refractivity contribution in [2.24, 2.45) is 13.0 Å². The van der Waals surface area contributed by atoms with Crippen LogP contribution < -0.4 is 5.32 Å². The van der Waals surface area contributed by atoms with Gasteiger partial charge in [0.15, 0.2) is 5.16 Å². The summed E-state index contributed by atoms with van der Waals surface area (Å²) in [4.78, 5) is 0. The Labute approximate surface area is 95.9 Å². The molecule has 1 N–H and O–H groups in total. The first-order chi connectivity index (χ1) is 7.09. The van der Waals surface area contributed by atoms with E-state index in [1.807, 2.05) is 11.6 Å². The van der Waals surface area contributed by atoms with Crippen molar-refractivity contribution < 1.29 is 0 Å². The maximum atomic E-state index is 4.05. The van der Waals surface area contributed by atoms with Crippen molar-refractivity contribution in [3.05, 3.63) is 6.33 Å². The van der Waals surface area contributed by atoms with Crippen LogP contribution in [0.3, 0.4) is 0 Å². The minimum absolute atomic E-state index is 0.520. The van der Waals surface area contributed by atoms with Crippen molar-refractivity contribution in [2.75, 3.05) is 13.1 Å². The van der Waals surface area contributed by atoms with Gasteiger partial charge in [-0.25, -0.2) is 0 Å². The predicted octanol–water partition coefficient (Wildman–Crippen LogP) is 1.54. The molecule has 0 fully saturated rings. The van der Waals surface area contributed by atoms with E-state index in [0.29, 0.717) is 11.2 Å². The van der Waals surface area contributed by atoms with E-state index in [9.17, 15) is 0 Å². The van der Waals surface area contributed by atoms with Gasteiger partial charge < -0.3 is 9.88 Å². The second kappa shape index (κ2) is 6.12. The Morgan fingerprint density at radius 2 is 2.13 bits per heavy atom. The molecule has 0 bridgehead atoms. The summed E-state index contributed by atoms with van der Waals surface area (Å²) in [5.74, 6) is 0.706. The zero-order chi connectivity index (χ0) is 11.3. The van der Waals surface area contributed by atoms with Gasteiger partial charge in [-0.2, -0.15) is 0 Å². The highest BCUT2D eigenvalue weighted by molar-refractivity contribution is 7.99. The van der Waals surface area contributed by atoms with E-state index < -0.39 is 0 Å². The standard InChI is InChI=1S/C10H20N4S/c1-8(2)5-11-6-9(3)15-10-13-12-7-14(10)4/h7-9,11H,5-6H2,1-4H3. The van der Waals surface area contributed by atoms with Crippen molar-refractivity contribution in [3.63, 3.8) is 0 Å². The van der Waals surface area contributed by atoms with E-state index in [4.69, 9.17) is 0 Å². The second-order valence-corrected chi connectivity index (χ2v) is 5.61. The Kier molecular flexibility index (Phi) is 5.11. The van der Waals surface area contributed by atoms with Crippen molar-refractivity contribution in [2.45, 2.75) is 31.2 Å². The van der Waals surface area contributed by atoms with Crippen LogP contribution in [0.4, 0.5) is 0 Å². The molecule has 0 saturated carbocycles. The van der Waals surface area contributed by atoms with Crippen LogP contribution >= 0.6 is 11.8 Å². The molecule has 0 spiro atoms. The minimum atomic E-state index is 0.520. The molecule has 15 heavy (non-hydrogen) atoms. The molecule has 1 heterocycles. The first-order valence-electron chi connectivity index (χ1n) is 5.31. The normalized spacial score (nSPS) is 13.4. The Morgan fingerprint density at radius 3 is 2.67 bits per heavy atom. The highest BCUT2D eigenvalue weighted by Crippen LogP contribution is 2.18. The van der Waals surface area contributed by atoms with Crippen molar-refractivity contribution in [1.82, 2.24) is 20.1 Å². The van der Waals surface area contributed by atoms with Crippen molar-refractivity contribution in [3.8, 4) is 0 Å². The molecule has 1 aromatic heterocycles. The van der Waals surface area contributed by atoms with Crippen LogP contribution in [0.1, 0.15) is 20.8 Å². The summed E-state index contributed by atoms with van der Waals surface area (Å²) in [6.07, 6.45) is 1.73. The van der Waals surface area contributed by atoms with Crippen LogP contribution in [-0.4, -0.2) is 33.1 Å². The van der Waals surface area contributed by atoms with Gasteiger partial charge in [0.2, 0.25) is 0 Å². The molecule has 1 aromatic rings. The maximum absolute atomic E-state index is 4.05. The largest absolute Gasteiger partial charge is 0.315 e. The molecular formula is C10H20N4S. The Bertz CT molecular complexity index is 285. The molecule has 0 aromatic carbocycles. The third-order valence-corrected chi connectivity index (χ3v) is 3.11. The summed E-state index contributed by atoms with van der Waals surface area (Å²) in [7, 11) is 1.97. The molecule has 0 amide bonds. The number of thioether (sulfide) groups is 1. The summed E-state index contributed by atoms with van der Waals surface area (Å²) in [6.45, 7) is 8.72.